The van der Waals surface area contributed by atoms with Crippen molar-refractivity contribution in [3.63, 3.8) is 0 Å². The molecule has 0 bridgehead atoms. The van der Waals surface area contributed by atoms with Crippen LogP contribution in [0.4, 0.5) is 5.69 Å². The summed E-state index contributed by atoms with van der Waals surface area (Å²) in [4.78, 5) is 14.2. The van der Waals surface area contributed by atoms with Crippen LogP contribution in [0, 0.1) is 0 Å². The van der Waals surface area contributed by atoms with Gasteiger partial charge < -0.3 is 15.4 Å². The monoisotopic (exact) mass is 234 g/mol. The molecule has 1 amide bonds. The van der Waals surface area contributed by atoms with E-state index in [0.717, 1.165) is 0 Å². The van der Waals surface area contributed by atoms with Gasteiger partial charge >= 0.3 is 0 Å². The Hall–Kier alpha value is -1.55. The predicted molar refractivity (Wildman–Crippen MR) is 66.8 cm³/mol. The lowest BCUT2D eigenvalue weighted by Gasteiger charge is -2.36. The molecule has 2 N–H and O–H groups in total. The van der Waals surface area contributed by atoms with E-state index in [0.29, 0.717) is 24.4 Å². The molecule has 1 saturated heterocycles. The van der Waals surface area contributed by atoms with Crippen molar-refractivity contribution >= 4 is 11.6 Å². The lowest BCUT2D eigenvalue weighted by atomic mass is 10.1. The van der Waals surface area contributed by atoms with Crippen LogP contribution in [0.25, 0.3) is 0 Å². The molecule has 2 atom stereocenters. The molecule has 0 aliphatic carbocycles. The molecule has 2 unspecified atom stereocenters. The van der Waals surface area contributed by atoms with E-state index in [1.807, 2.05) is 18.7 Å². The number of hydrogen-bond acceptors (Lipinski definition) is 3. The summed E-state index contributed by atoms with van der Waals surface area (Å²) in [5.41, 5.74) is 6.95. The highest BCUT2D eigenvalue weighted by atomic mass is 16.5. The smallest absolute Gasteiger partial charge is 0.254 e. The Labute approximate surface area is 101 Å². The van der Waals surface area contributed by atoms with Gasteiger partial charge in [-0.05, 0) is 32.0 Å². The molecule has 1 aliphatic rings. The third kappa shape index (κ3) is 2.58. The fraction of sp³-hybridized carbons (Fsp3) is 0.462. The van der Waals surface area contributed by atoms with Gasteiger partial charge in [0.05, 0.1) is 18.8 Å². The van der Waals surface area contributed by atoms with Gasteiger partial charge in [0.15, 0.2) is 0 Å². The van der Waals surface area contributed by atoms with Gasteiger partial charge in [-0.25, -0.2) is 0 Å². The number of benzene rings is 1. The Bertz CT molecular complexity index is 420. The maximum Gasteiger partial charge on any atom is 0.254 e. The zero-order valence-electron chi connectivity index (χ0n) is 10.2. The molecule has 0 spiro atoms. The van der Waals surface area contributed by atoms with E-state index in [4.69, 9.17) is 10.5 Å². The van der Waals surface area contributed by atoms with E-state index in [2.05, 4.69) is 0 Å². The quantitative estimate of drug-likeness (QED) is 0.749. The average Bonchev–Trinajstić information content (AvgIpc) is 2.31. The minimum Gasteiger partial charge on any atom is -0.399 e. The number of hydrogen-bond donors (Lipinski definition) is 1. The number of nitrogens with zero attached hydrogens (tertiary/aromatic N) is 1. The summed E-state index contributed by atoms with van der Waals surface area (Å²) >= 11 is 0. The van der Waals surface area contributed by atoms with Crippen molar-refractivity contribution in [3.05, 3.63) is 29.8 Å². The van der Waals surface area contributed by atoms with Crippen molar-refractivity contribution in [1.29, 1.82) is 0 Å². The van der Waals surface area contributed by atoms with Crippen LogP contribution >= 0.6 is 0 Å². The van der Waals surface area contributed by atoms with Crippen LogP contribution in [-0.4, -0.2) is 36.1 Å². The Morgan fingerprint density at radius 1 is 1.47 bits per heavy atom. The van der Waals surface area contributed by atoms with E-state index in [-0.39, 0.29) is 18.1 Å². The highest BCUT2D eigenvalue weighted by Crippen LogP contribution is 2.16. The van der Waals surface area contributed by atoms with Gasteiger partial charge in [-0.2, -0.15) is 0 Å². The summed E-state index contributed by atoms with van der Waals surface area (Å²) in [6, 6.07) is 7.21. The minimum atomic E-state index is 0.0277. The third-order valence-corrected chi connectivity index (χ3v) is 3.00. The number of nitrogens with two attached hydrogens (primary N) is 1. The van der Waals surface area contributed by atoms with Crippen LogP contribution in [0.15, 0.2) is 24.3 Å². The molecule has 0 aromatic heterocycles. The Morgan fingerprint density at radius 3 is 2.94 bits per heavy atom. The van der Waals surface area contributed by atoms with Crippen molar-refractivity contribution in [2.75, 3.05) is 18.9 Å². The molecule has 1 aliphatic heterocycles. The number of morpholine rings is 1. The molecule has 4 heteroatoms. The Morgan fingerprint density at radius 2 is 2.24 bits per heavy atom. The highest BCUT2D eigenvalue weighted by Gasteiger charge is 2.28. The molecular weight excluding hydrogens is 216 g/mol. The Balaban J connectivity index is 2.18. The van der Waals surface area contributed by atoms with Crippen LogP contribution < -0.4 is 5.73 Å². The second-order valence-corrected chi connectivity index (χ2v) is 4.58. The third-order valence-electron chi connectivity index (χ3n) is 3.00. The van der Waals surface area contributed by atoms with Gasteiger partial charge in [0, 0.05) is 17.8 Å². The number of rotatable bonds is 1. The number of anilines is 1. The van der Waals surface area contributed by atoms with E-state index < -0.39 is 0 Å². The van der Waals surface area contributed by atoms with E-state index in [1.165, 1.54) is 0 Å². The van der Waals surface area contributed by atoms with Crippen molar-refractivity contribution in [1.82, 2.24) is 4.90 Å². The summed E-state index contributed by atoms with van der Waals surface area (Å²) in [5.74, 6) is 0.0277. The lowest BCUT2D eigenvalue weighted by Crippen LogP contribution is -2.50. The number of nitrogen functional groups attached to an aromatic ring is 1. The van der Waals surface area contributed by atoms with E-state index in [9.17, 15) is 4.79 Å². The summed E-state index contributed by atoms with van der Waals surface area (Å²) in [7, 11) is 0. The van der Waals surface area contributed by atoms with Gasteiger partial charge in [-0.3, -0.25) is 4.79 Å². The number of amides is 1. The summed E-state index contributed by atoms with van der Waals surface area (Å²) < 4.78 is 5.51. The number of ether oxygens (including phenoxy) is 1. The van der Waals surface area contributed by atoms with Crippen molar-refractivity contribution in [2.24, 2.45) is 0 Å². The van der Waals surface area contributed by atoms with Gasteiger partial charge in [0.2, 0.25) is 0 Å². The fourth-order valence-corrected chi connectivity index (χ4v) is 2.02. The first-order valence-electron chi connectivity index (χ1n) is 5.86. The summed E-state index contributed by atoms with van der Waals surface area (Å²) in [5, 5.41) is 0. The van der Waals surface area contributed by atoms with Crippen LogP contribution in [-0.2, 0) is 4.74 Å². The van der Waals surface area contributed by atoms with E-state index in [1.54, 1.807) is 24.3 Å². The van der Waals surface area contributed by atoms with Gasteiger partial charge in [-0.15, -0.1) is 0 Å². The summed E-state index contributed by atoms with van der Waals surface area (Å²) in [6.07, 6.45) is 0.0937. The van der Waals surface area contributed by atoms with Crippen LogP contribution in [0.1, 0.15) is 24.2 Å². The molecule has 0 radical (unpaired) electrons. The molecule has 1 aromatic carbocycles. The molecule has 2 rings (SSSR count). The zero-order valence-corrected chi connectivity index (χ0v) is 10.2. The highest BCUT2D eigenvalue weighted by molar-refractivity contribution is 5.95. The Kier molecular flexibility index (Phi) is 3.33. The molecular formula is C13H18N2O2. The second kappa shape index (κ2) is 4.75. The summed E-state index contributed by atoms with van der Waals surface area (Å²) in [6.45, 7) is 5.20. The van der Waals surface area contributed by atoms with E-state index >= 15 is 0 Å². The number of carbonyl (C=O) groups is 1. The van der Waals surface area contributed by atoms with Crippen LogP contribution in [0.2, 0.25) is 0 Å². The largest absolute Gasteiger partial charge is 0.399 e. The van der Waals surface area contributed by atoms with Gasteiger partial charge in [0.25, 0.3) is 5.91 Å². The van der Waals surface area contributed by atoms with Gasteiger partial charge in [0.1, 0.15) is 0 Å². The molecule has 92 valence electrons. The topological polar surface area (TPSA) is 55.6 Å². The molecule has 4 nitrogen and oxygen atoms in total. The van der Waals surface area contributed by atoms with Crippen LogP contribution in [0.3, 0.4) is 0 Å². The minimum absolute atomic E-state index is 0.0277. The molecule has 1 fully saturated rings. The molecule has 1 heterocycles. The first-order chi connectivity index (χ1) is 8.08. The van der Waals surface area contributed by atoms with Crippen molar-refractivity contribution in [2.45, 2.75) is 26.0 Å². The molecule has 1 aromatic rings. The first kappa shape index (κ1) is 11.9. The van der Waals surface area contributed by atoms with Crippen LogP contribution in [0.5, 0.6) is 0 Å². The first-order valence-corrected chi connectivity index (χ1v) is 5.86. The fourth-order valence-electron chi connectivity index (χ4n) is 2.02. The standard InChI is InChI=1S/C13H18N2O2/c1-9-8-17-10(2)7-15(9)13(16)11-4-3-5-12(14)6-11/h3-6,9-10H,7-8,14H2,1-2H3. The predicted octanol–water partition coefficient (Wildman–Crippen LogP) is 1.52. The average molecular weight is 234 g/mol. The maximum absolute atomic E-state index is 12.3. The SMILES string of the molecule is CC1CN(C(=O)c2cccc(N)c2)C(C)CO1. The lowest BCUT2D eigenvalue weighted by molar-refractivity contribution is -0.0387. The number of carbonyl (C=O) groups excluding carboxylic acids is 1. The molecule has 0 saturated carbocycles. The maximum atomic E-state index is 12.3. The van der Waals surface area contributed by atoms with Gasteiger partial charge in [-0.1, -0.05) is 6.07 Å². The normalized spacial score (nSPS) is 24.7. The van der Waals surface area contributed by atoms with Crippen molar-refractivity contribution in [3.8, 4) is 0 Å². The van der Waals surface area contributed by atoms with Crippen molar-refractivity contribution < 1.29 is 9.53 Å². The zero-order chi connectivity index (χ0) is 12.4. The molecule has 17 heavy (non-hydrogen) atoms. The second-order valence-electron chi connectivity index (χ2n) is 4.58.